The highest BCUT2D eigenvalue weighted by Gasteiger charge is 2.16. The Balaban J connectivity index is 1.37. The third-order valence-electron chi connectivity index (χ3n) is 4.58. The molecular formula is C23H21N3O2S. The smallest absolute Gasteiger partial charge is 0.261 e. The van der Waals surface area contributed by atoms with E-state index in [-0.39, 0.29) is 11.9 Å². The maximum absolute atomic E-state index is 12.6. The number of thiophene rings is 1. The molecule has 6 heteroatoms. The Morgan fingerprint density at radius 2 is 1.76 bits per heavy atom. The highest BCUT2D eigenvalue weighted by molar-refractivity contribution is 7.17. The largest absolute Gasteiger partial charge is 0.349 e. The Hall–Kier alpha value is -3.25. The highest BCUT2D eigenvalue weighted by Crippen LogP contribution is 2.28. The molecule has 0 spiro atoms. The Bertz CT molecular complexity index is 1070. The van der Waals surface area contributed by atoms with Crippen molar-refractivity contribution < 1.29 is 9.32 Å². The number of benzene rings is 2. The molecule has 146 valence electrons. The summed E-state index contributed by atoms with van der Waals surface area (Å²) in [7, 11) is 0. The molecule has 1 N–H and O–H groups in total. The van der Waals surface area contributed by atoms with Crippen molar-refractivity contribution in [1.82, 2.24) is 15.5 Å². The van der Waals surface area contributed by atoms with Crippen LogP contribution in [0.1, 0.15) is 28.6 Å². The molecule has 2 aromatic heterocycles. The van der Waals surface area contributed by atoms with Gasteiger partial charge in [0.25, 0.3) is 11.8 Å². The topological polar surface area (TPSA) is 68.0 Å². The van der Waals surface area contributed by atoms with Gasteiger partial charge in [-0.15, -0.1) is 11.3 Å². The van der Waals surface area contributed by atoms with Crippen molar-refractivity contribution in [2.75, 3.05) is 0 Å². The Morgan fingerprint density at radius 3 is 2.52 bits per heavy atom. The lowest BCUT2D eigenvalue weighted by molar-refractivity contribution is 0.0942. The third-order valence-corrected chi connectivity index (χ3v) is 5.66. The minimum atomic E-state index is -0.0754. The van der Waals surface area contributed by atoms with E-state index in [9.17, 15) is 4.79 Å². The second-order valence-corrected chi connectivity index (χ2v) is 7.94. The molecule has 0 aliphatic rings. The number of carbonyl (C=O) groups is 1. The summed E-state index contributed by atoms with van der Waals surface area (Å²) in [5.41, 5.74) is 2.14. The second kappa shape index (κ2) is 8.84. The van der Waals surface area contributed by atoms with Crippen LogP contribution in [0.3, 0.4) is 0 Å². The first-order valence-electron chi connectivity index (χ1n) is 9.53. The molecule has 29 heavy (non-hydrogen) atoms. The molecule has 0 radical (unpaired) electrons. The molecule has 2 heterocycles. The van der Waals surface area contributed by atoms with Crippen LogP contribution in [0.4, 0.5) is 0 Å². The van der Waals surface area contributed by atoms with E-state index in [1.807, 2.05) is 61.5 Å². The van der Waals surface area contributed by atoms with Gasteiger partial charge in [0.05, 0.1) is 9.75 Å². The van der Waals surface area contributed by atoms with Gasteiger partial charge in [-0.1, -0.05) is 53.7 Å². The van der Waals surface area contributed by atoms with Crippen molar-refractivity contribution in [3.8, 4) is 22.2 Å². The van der Waals surface area contributed by atoms with Crippen molar-refractivity contribution >= 4 is 17.2 Å². The Morgan fingerprint density at radius 1 is 1.03 bits per heavy atom. The van der Waals surface area contributed by atoms with E-state index >= 15 is 0 Å². The first-order chi connectivity index (χ1) is 14.2. The molecule has 0 saturated heterocycles. The number of nitrogens with one attached hydrogen (secondary N) is 1. The number of aromatic nitrogens is 2. The van der Waals surface area contributed by atoms with Gasteiger partial charge in [-0.2, -0.15) is 4.98 Å². The van der Waals surface area contributed by atoms with Crippen LogP contribution >= 0.6 is 11.3 Å². The van der Waals surface area contributed by atoms with Gasteiger partial charge in [0.1, 0.15) is 0 Å². The lowest BCUT2D eigenvalue weighted by atomic mass is 10.1. The third kappa shape index (κ3) is 4.78. The van der Waals surface area contributed by atoms with E-state index in [1.54, 1.807) is 6.07 Å². The molecule has 5 nitrogen and oxygen atoms in total. The van der Waals surface area contributed by atoms with Crippen LogP contribution in [0.5, 0.6) is 0 Å². The van der Waals surface area contributed by atoms with E-state index in [2.05, 4.69) is 27.6 Å². The molecule has 0 bridgehead atoms. The predicted octanol–water partition coefficient (Wildman–Crippen LogP) is 5.22. The lowest BCUT2D eigenvalue weighted by Crippen LogP contribution is -2.32. The summed E-state index contributed by atoms with van der Waals surface area (Å²) < 4.78 is 5.36. The van der Waals surface area contributed by atoms with Crippen molar-refractivity contribution in [2.24, 2.45) is 0 Å². The van der Waals surface area contributed by atoms with Crippen LogP contribution < -0.4 is 5.32 Å². The normalized spacial score (nSPS) is 11.9. The fourth-order valence-electron chi connectivity index (χ4n) is 3.00. The number of rotatable bonds is 7. The number of hydrogen-bond donors (Lipinski definition) is 1. The molecule has 0 saturated carbocycles. The standard InChI is InChI=1S/C23H21N3O2S/c1-16(12-13-17-8-4-2-5-9-17)24-22(27)20-15-14-19(29-20)21-25-23(28-26-21)18-10-6-3-7-11-18/h2-11,14-16H,12-13H2,1H3,(H,24,27)/t16-/m0/s1. The van der Waals surface area contributed by atoms with E-state index in [0.717, 1.165) is 23.3 Å². The minimum absolute atomic E-state index is 0.0754. The van der Waals surface area contributed by atoms with E-state index < -0.39 is 0 Å². The van der Waals surface area contributed by atoms with Crippen molar-refractivity contribution in [3.63, 3.8) is 0 Å². The zero-order valence-corrected chi connectivity index (χ0v) is 16.9. The van der Waals surface area contributed by atoms with Crippen molar-refractivity contribution in [2.45, 2.75) is 25.8 Å². The number of nitrogens with zero attached hydrogens (tertiary/aromatic N) is 2. The summed E-state index contributed by atoms with van der Waals surface area (Å²) in [6.45, 7) is 2.03. The molecular weight excluding hydrogens is 382 g/mol. The monoisotopic (exact) mass is 403 g/mol. The number of hydrogen-bond acceptors (Lipinski definition) is 5. The zero-order valence-electron chi connectivity index (χ0n) is 16.0. The fraction of sp³-hybridized carbons (Fsp3) is 0.174. The van der Waals surface area contributed by atoms with Crippen LogP contribution in [-0.2, 0) is 6.42 Å². The van der Waals surface area contributed by atoms with Gasteiger partial charge in [-0.3, -0.25) is 4.79 Å². The first-order valence-corrected chi connectivity index (χ1v) is 10.3. The maximum atomic E-state index is 12.6. The van der Waals surface area contributed by atoms with Crippen molar-refractivity contribution in [3.05, 3.63) is 83.2 Å². The van der Waals surface area contributed by atoms with E-state index in [4.69, 9.17) is 4.52 Å². The predicted molar refractivity (Wildman–Crippen MR) is 115 cm³/mol. The second-order valence-electron chi connectivity index (χ2n) is 6.85. The molecule has 0 fully saturated rings. The lowest BCUT2D eigenvalue weighted by Gasteiger charge is -2.13. The molecule has 0 aliphatic heterocycles. The fourth-order valence-corrected chi connectivity index (χ4v) is 3.83. The summed E-state index contributed by atoms with van der Waals surface area (Å²) in [6, 6.07) is 23.7. The molecule has 1 amide bonds. The van der Waals surface area contributed by atoms with Gasteiger partial charge in [-0.05, 0) is 49.6 Å². The summed E-state index contributed by atoms with van der Waals surface area (Å²) in [4.78, 5) is 18.5. The van der Waals surface area contributed by atoms with Gasteiger partial charge in [0.15, 0.2) is 0 Å². The summed E-state index contributed by atoms with van der Waals surface area (Å²) in [5.74, 6) is 0.883. The van der Waals surface area contributed by atoms with Crippen LogP contribution in [0, 0.1) is 0 Å². The van der Waals surface area contributed by atoms with Gasteiger partial charge < -0.3 is 9.84 Å². The highest BCUT2D eigenvalue weighted by atomic mass is 32.1. The molecule has 4 aromatic rings. The van der Waals surface area contributed by atoms with Crippen LogP contribution in [0.15, 0.2) is 77.3 Å². The molecule has 2 aromatic carbocycles. The first kappa shape index (κ1) is 19.1. The van der Waals surface area contributed by atoms with Crippen LogP contribution in [0.25, 0.3) is 22.2 Å². The molecule has 0 unspecified atom stereocenters. The zero-order chi connectivity index (χ0) is 20.1. The quantitative estimate of drug-likeness (QED) is 0.460. The van der Waals surface area contributed by atoms with E-state index in [0.29, 0.717) is 16.6 Å². The van der Waals surface area contributed by atoms with Crippen molar-refractivity contribution in [1.29, 1.82) is 0 Å². The van der Waals surface area contributed by atoms with E-state index in [1.165, 1.54) is 16.9 Å². The van der Waals surface area contributed by atoms with Crippen LogP contribution in [-0.4, -0.2) is 22.1 Å². The maximum Gasteiger partial charge on any atom is 0.261 e. The number of amides is 1. The SMILES string of the molecule is C[C@@H](CCc1ccccc1)NC(=O)c1ccc(-c2noc(-c3ccccc3)n2)s1. The Labute approximate surface area is 173 Å². The summed E-state index contributed by atoms with van der Waals surface area (Å²) in [5, 5.41) is 7.12. The Kier molecular flexibility index (Phi) is 5.81. The molecule has 4 rings (SSSR count). The summed E-state index contributed by atoms with van der Waals surface area (Å²) in [6.07, 6.45) is 1.82. The van der Waals surface area contributed by atoms with Gasteiger partial charge in [0.2, 0.25) is 5.82 Å². The van der Waals surface area contributed by atoms with Gasteiger partial charge in [-0.25, -0.2) is 0 Å². The number of carbonyl (C=O) groups excluding carboxylic acids is 1. The molecule has 1 atom stereocenters. The average molecular weight is 404 g/mol. The van der Waals surface area contributed by atoms with Crippen LogP contribution in [0.2, 0.25) is 0 Å². The summed E-state index contributed by atoms with van der Waals surface area (Å²) >= 11 is 1.36. The average Bonchev–Trinajstić information content (AvgIpc) is 3.43. The van der Waals surface area contributed by atoms with Gasteiger partial charge >= 0.3 is 0 Å². The molecule has 0 aliphatic carbocycles. The minimum Gasteiger partial charge on any atom is -0.349 e. The van der Waals surface area contributed by atoms with Gasteiger partial charge in [0, 0.05) is 11.6 Å². The number of aryl methyl sites for hydroxylation is 1.